The van der Waals surface area contributed by atoms with Gasteiger partial charge in [0.05, 0.1) is 11.1 Å². The van der Waals surface area contributed by atoms with Crippen LogP contribution in [0.4, 0.5) is 0 Å². The van der Waals surface area contributed by atoms with E-state index in [1.807, 2.05) is 49.4 Å². The molecule has 0 aliphatic heterocycles. The van der Waals surface area contributed by atoms with E-state index in [0.717, 1.165) is 34.4 Å². The number of pyridine rings is 1. The van der Waals surface area contributed by atoms with Crippen LogP contribution in [0, 0.1) is 30.1 Å². The summed E-state index contributed by atoms with van der Waals surface area (Å²) in [5.74, 6) is 4.17. The minimum atomic E-state index is 0.00590. The van der Waals surface area contributed by atoms with Gasteiger partial charge in [-0.1, -0.05) is 18.2 Å². The van der Waals surface area contributed by atoms with Gasteiger partial charge < -0.3 is 9.73 Å². The van der Waals surface area contributed by atoms with Gasteiger partial charge in [-0.25, -0.2) is 4.98 Å². The highest BCUT2D eigenvalue weighted by Crippen LogP contribution is 2.61. The molecule has 1 amide bonds. The minimum Gasteiger partial charge on any atom is -0.460 e. The van der Waals surface area contributed by atoms with Crippen LogP contribution in [-0.2, 0) is 0 Å². The SMILES string of the molecule is Cc1ccc(-c2cc(C(=O)N[C@@H](C)C34CC5CC(CC(C5)C3)C4)c3ccccc3n2)o1. The lowest BCUT2D eigenvalue weighted by molar-refractivity contribution is -0.0687. The van der Waals surface area contributed by atoms with Crippen LogP contribution in [0.1, 0.15) is 61.6 Å². The molecule has 0 radical (unpaired) electrons. The first-order chi connectivity index (χ1) is 15.0. The van der Waals surface area contributed by atoms with Gasteiger partial charge in [0.15, 0.2) is 5.76 Å². The summed E-state index contributed by atoms with van der Waals surface area (Å²) < 4.78 is 5.80. The van der Waals surface area contributed by atoms with E-state index in [1.54, 1.807) is 0 Å². The van der Waals surface area contributed by atoms with Crippen molar-refractivity contribution in [2.24, 2.45) is 23.2 Å². The molecule has 0 saturated heterocycles. The molecule has 0 spiro atoms. The first-order valence-corrected chi connectivity index (χ1v) is 11.8. The number of amides is 1. The number of nitrogens with one attached hydrogen (secondary N) is 1. The van der Waals surface area contributed by atoms with E-state index in [0.29, 0.717) is 17.0 Å². The highest BCUT2D eigenvalue weighted by Gasteiger charge is 2.53. The van der Waals surface area contributed by atoms with Crippen LogP contribution in [-0.4, -0.2) is 16.9 Å². The summed E-state index contributed by atoms with van der Waals surface area (Å²) in [5.41, 5.74) is 2.50. The number of fused-ring (bicyclic) bond motifs is 1. The maximum Gasteiger partial charge on any atom is 0.252 e. The maximum absolute atomic E-state index is 13.6. The number of benzene rings is 1. The van der Waals surface area contributed by atoms with Gasteiger partial charge in [0.25, 0.3) is 5.91 Å². The third-order valence-electron chi connectivity index (χ3n) is 8.31. The van der Waals surface area contributed by atoms with E-state index in [2.05, 4.69) is 12.2 Å². The standard InChI is InChI=1S/C27H30N2O2/c1-16-7-8-25(31-16)24-12-22(21-5-3-4-6-23(21)29-24)26(30)28-17(2)27-13-18-9-19(14-27)11-20(10-18)15-27/h3-8,12,17-20H,9-11,13-15H2,1-2H3,(H,28,30)/t17-,18?,19?,20?,27?/m0/s1. The van der Waals surface area contributed by atoms with Crippen molar-refractivity contribution < 1.29 is 9.21 Å². The van der Waals surface area contributed by atoms with E-state index < -0.39 is 0 Å². The Morgan fingerprint density at radius 2 is 1.74 bits per heavy atom. The van der Waals surface area contributed by atoms with Gasteiger partial charge in [0.1, 0.15) is 11.5 Å². The van der Waals surface area contributed by atoms with E-state index in [-0.39, 0.29) is 17.4 Å². The number of aromatic nitrogens is 1. The number of carbonyl (C=O) groups excluding carboxylic acids is 1. The van der Waals surface area contributed by atoms with E-state index in [1.165, 1.54) is 38.5 Å². The van der Waals surface area contributed by atoms with Crippen molar-refractivity contribution in [2.75, 3.05) is 0 Å². The van der Waals surface area contributed by atoms with Gasteiger partial charge in [0, 0.05) is 11.4 Å². The molecule has 0 unspecified atom stereocenters. The Hall–Kier alpha value is -2.62. The molecule has 2 heterocycles. The van der Waals surface area contributed by atoms with Crippen molar-refractivity contribution in [2.45, 2.75) is 58.4 Å². The average Bonchev–Trinajstić information content (AvgIpc) is 3.18. The molecule has 31 heavy (non-hydrogen) atoms. The Balaban J connectivity index is 1.33. The van der Waals surface area contributed by atoms with Crippen LogP contribution < -0.4 is 5.32 Å². The smallest absolute Gasteiger partial charge is 0.252 e. The van der Waals surface area contributed by atoms with Crippen molar-refractivity contribution in [3.8, 4) is 11.5 Å². The molecule has 4 aliphatic rings. The lowest BCUT2D eigenvalue weighted by Gasteiger charge is -2.59. The van der Waals surface area contributed by atoms with Gasteiger partial charge in [-0.2, -0.15) is 0 Å². The Kier molecular flexibility index (Phi) is 4.28. The Morgan fingerprint density at radius 1 is 1.06 bits per heavy atom. The number of rotatable bonds is 4. The second-order valence-corrected chi connectivity index (χ2v) is 10.5. The number of furan rings is 1. The molecular formula is C27H30N2O2. The quantitative estimate of drug-likeness (QED) is 0.558. The number of aryl methyl sites for hydroxylation is 1. The normalized spacial score (nSPS) is 29.9. The maximum atomic E-state index is 13.6. The van der Waals surface area contributed by atoms with Gasteiger partial charge in [0.2, 0.25) is 0 Å². The molecule has 4 aliphatic carbocycles. The number of nitrogens with zero attached hydrogens (tertiary/aromatic N) is 1. The summed E-state index contributed by atoms with van der Waals surface area (Å²) in [4.78, 5) is 18.3. The average molecular weight is 415 g/mol. The number of para-hydroxylation sites is 1. The van der Waals surface area contributed by atoms with Crippen LogP contribution in [0.2, 0.25) is 0 Å². The van der Waals surface area contributed by atoms with Crippen molar-refractivity contribution in [1.82, 2.24) is 10.3 Å². The van der Waals surface area contributed by atoms with Crippen LogP contribution in [0.15, 0.2) is 46.9 Å². The first kappa shape index (κ1) is 19.1. The second-order valence-electron chi connectivity index (χ2n) is 10.5. The van der Waals surface area contributed by atoms with Gasteiger partial charge in [-0.15, -0.1) is 0 Å². The van der Waals surface area contributed by atoms with Gasteiger partial charge in [-0.05, 0) is 99.8 Å². The molecule has 4 bridgehead atoms. The number of carbonyl (C=O) groups is 1. The molecule has 7 rings (SSSR count). The summed E-state index contributed by atoms with van der Waals surface area (Å²) in [6, 6.07) is 13.8. The second kappa shape index (κ2) is 6.94. The van der Waals surface area contributed by atoms with Crippen LogP contribution >= 0.6 is 0 Å². The summed E-state index contributed by atoms with van der Waals surface area (Å²) in [6.45, 7) is 4.16. The molecule has 1 N–H and O–H groups in total. The fourth-order valence-corrected chi connectivity index (χ4v) is 7.20. The zero-order valence-corrected chi connectivity index (χ0v) is 18.4. The number of hydrogen-bond acceptors (Lipinski definition) is 3. The molecule has 1 atom stereocenters. The fraction of sp³-hybridized carbons (Fsp3) is 0.481. The summed E-state index contributed by atoms with van der Waals surface area (Å²) in [7, 11) is 0. The topological polar surface area (TPSA) is 55.1 Å². The molecule has 4 fully saturated rings. The summed E-state index contributed by atoms with van der Waals surface area (Å²) in [5, 5.41) is 4.33. The van der Waals surface area contributed by atoms with Gasteiger partial charge in [-0.3, -0.25) is 4.79 Å². The highest BCUT2D eigenvalue weighted by atomic mass is 16.3. The minimum absolute atomic E-state index is 0.00590. The lowest BCUT2D eigenvalue weighted by Crippen LogP contribution is -2.55. The third kappa shape index (κ3) is 3.19. The van der Waals surface area contributed by atoms with Crippen LogP contribution in [0.5, 0.6) is 0 Å². The van der Waals surface area contributed by atoms with E-state index in [9.17, 15) is 4.79 Å². The third-order valence-corrected chi connectivity index (χ3v) is 8.31. The fourth-order valence-electron chi connectivity index (χ4n) is 7.20. The van der Waals surface area contributed by atoms with E-state index >= 15 is 0 Å². The molecule has 4 nitrogen and oxygen atoms in total. The van der Waals surface area contributed by atoms with Crippen LogP contribution in [0.3, 0.4) is 0 Å². The summed E-state index contributed by atoms with van der Waals surface area (Å²) >= 11 is 0. The molecule has 2 aromatic heterocycles. The Bertz CT molecular complexity index is 1130. The van der Waals surface area contributed by atoms with Crippen molar-refractivity contribution in [3.05, 3.63) is 53.8 Å². The van der Waals surface area contributed by atoms with E-state index in [4.69, 9.17) is 9.40 Å². The molecule has 4 saturated carbocycles. The Morgan fingerprint density at radius 3 is 2.39 bits per heavy atom. The predicted octanol–water partition coefficient (Wildman–Crippen LogP) is 6.14. The van der Waals surface area contributed by atoms with Crippen molar-refractivity contribution >= 4 is 16.8 Å². The molecular weight excluding hydrogens is 384 g/mol. The highest BCUT2D eigenvalue weighted by molar-refractivity contribution is 6.07. The molecule has 1 aromatic carbocycles. The monoisotopic (exact) mass is 414 g/mol. The predicted molar refractivity (Wildman–Crippen MR) is 122 cm³/mol. The largest absolute Gasteiger partial charge is 0.460 e. The Labute approximate surface area is 183 Å². The summed E-state index contributed by atoms with van der Waals surface area (Å²) in [6.07, 6.45) is 8.11. The molecule has 3 aromatic rings. The zero-order valence-electron chi connectivity index (χ0n) is 18.4. The first-order valence-electron chi connectivity index (χ1n) is 11.8. The van der Waals surface area contributed by atoms with Crippen molar-refractivity contribution in [1.29, 1.82) is 0 Å². The van der Waals surface area contributed by atoms with Crippen LogP contribution in [0.25, 0.3) is 22.4 Å². The van der Waals surface area contributed by atoms with Gasteiger partial charge >= 0.3 is 0 Å². The lowest BCUT2D eigenvalue weighted by atomic mass is 9.48. The van der Waals surface area contributed by atoms with Crippen molar-refractivity contribution in [3.63, 3.8) is 0 Å². The zero-order chi connectivity index (χ0) is 21.2. The molecule has 160 valence electrons. The number of hydrogen-bond donors (Lipinski definition) is 1. The molecule has 4 heteroatoms.